The maximum atomic E-state index is 13.0. The number of amides is 1. The van der Waals surface area contributed by atoms with Crippen LogP contribution in [0.25, 0.3) is 0 Å². The van der Waals surface area contributed by atoms with Crippen molar-refractivity contribution in [2.75, 3.05) is 31.6 Å². The molecule has 0 spiro atoms. The molecule has 0 radical (unpaired) electrons. The van der Waals surface area contributed by atoms with Gasteiger partial charge in [0.1, 0.15) is 11.5 Å². The van der Waals surface area contributed by atoms with E-state index in [2.05, 4.69) is 6.07 Å². The molecule has 3 aromatic rings. The van der Waals surface area contributed by atoms with Crippen LogP contribution in [0.4, 0.5) is 5.69 Å². The molecule has 0 aromatic heterocycles. The Bertz CT molecular complexity index is 1280. The van der Waals surface area contributed by atoms with E-state index in [0.717, 1.165) is 5.56 Å². The predicted molar refractivity (Wildman–Crippen MR) is 133 cm³/mol. The average Bonchev–Trinajstić information content (AvgIpc) is 2.88. The largest absolute Gasteiger partial charge is 0.494 e. The minimum Gasteiger partial charge on any atom is -0.494 e. The first-order chi connectivity index (χ1) is 16.7. The van der Waals surface area contributed by atoms with Crippen molar-refractivity contribution in [3.8, 4) is 17.6 Å². The Hall–Kier alpha value is -4.03. The zero-order chi connectivity index (χ0) is 25.4. The number of hydrogen-bond donors (Lipinski definition) is 0. The van der Waals surface area contributed by atoms with Gasteiger partial charge in [0.15, 0.2) is 6.61 Å². The molecule has 0 atom stereocenters. The summed E-state index contributed by atoms with van der Waals surface area (Å²) in [6, 6.07) is 21.8. The van der Waals surface area contributed by atoms with E-state index in [1.165, 1.54) is 28.4 Å². The van der Waals surface area contributed by atoms with Crippen molar-refractivity contribution in [3.05, 3.63) is 83.9 Å². The number of carbonyl (C=O) groups is 1. The lowest BCUT2D eigenvalue weighted by molar-refractivity contribution is -0.132. The monoisotopic (exact) mass is 493 g/mol. The van der Waals surface area contributed by atoms with Gasteiger partial charge in [-0.3, -0.25) is 9.10 Å². The molecule has 0 heterocycles. The molecule has 8 nitrogen and oxygen atoms in total. The predicted octanol–water partition coefficient (Wildman–Crippen LogP) is 3.82. The van der Waals surface area contributed by atoms with Gasteiger partial charge in [0.2, 0.25) is 0 Å². The summed E-state index contributed by atoms with van der Waals surface area (Å²) in [6.07, 6.45) is 0. The quantitative estimate of drug-likeness (QED) is 0.426. The van der Waals surface area contributed by atoms with Crippen molar-refractivity contribution in [3.63, 3.8) is 0 Å². The number of benzene rings is 3. The highest BCUT2D eigenvalue weighted by Gasteiger charge is 2.21. The van der Waals surface area contributed by atoms with E-state index in [4.69, 9.17) is 14.7 Å². The van der Waals surface area contributed by atoms with Crippen molar-refractivity contribution < 1.29 is 22.7 Å². The number of nitriles is 1. The van der Waals surface area contributed by atoms with Gasteiger partial charge < -0.3 is 14.4 Å². The second-order valence-corrected chi connectivity index (χ2v) is 9.69. The summed E-state index contributed by atoms with van der Waals surface area (Å²) in [5.74, 6) is 0.835. The van der Waals surface area contributed by atoms with Crippen molar-refractivity contribution in [2.24, 2.45) is 0 Å². The first kappa shape index (κ1) is 25.6. The Balaban J connectivity index is 1.57. The third kappa shape index (κ3) is 6.52. The summed E-state index contributed by atoms with van der Waals surface area (Å²) < 4.78 is 38.0. The van der Waals surface area contributed by atoms with Crippen LogP contribution in [0.1, 0.15) is 18.1 Å². The van der Waals surface area contributed by atoms with Crippen LogP contribution in [0.3, 0.4) is 0 Å². The number of ether oxygens (including phenoxy) is 2. The van der Waals surface area contributed by atoms with E-state index in [1.54, 1.807) is 67.7 Å². The van der Waals surface area contributed by atoms with E-state index < -0.39 is 10.0 Å². The molecule has 0 saturated heterocycles. The summed E-state index contributed by atoms with van der Waals surface area (Å²) in [7, 11) is -0.600. The van der Waals surface area contributed by atoms with Crippen LogP contribution in [0.15, 0.2) is 77.7 Å². The van der Waals surface area contributed by atoms with E-state index in [1.807, 2.05) is 6.92 Å². The van der Waals surface area contributed by atoms with Crippen molar-refractivity contribution in [2.45, 2.75) is 18.4 Å². The van der Waals surface area contributed by atoms with Gasteiger partial charge in [-0.2, -0.15) is 5.26 Å². The second-order valence-electron chi connectivity index (χ2n) is 7.72. The topological polar surface area (TPSA) is 99.9 Å². The lowest BCUT2D eigenvalue weighted by atomic mass is 10.1. The molecule has 35 heavy (non-hydrogen) atoms. The highest BCUT2D eigenvalue weighted by molar-refractivity contribution is 7.92. The molecular formula is C26H27N3O5S. The number of rotatable bonds is 10. The number of sulfonamides is 1. The van der Waals surface area contributed by atoms with Crippen LogP contribution in [0.2, 0.25) is 0 Å². The van der Waals surface area contributed by atoms with Crippen LogP contribution in [-0.4, -0.2) is 46.5 Å². The normalized spacial score (nSPS) is 10.8. The number of carbonyl (C=O) groups excluding carboxylic acids is 1. The summed E-state index contributed by atoms with van der Waals surface area (Å²) in [4.78, 5) is 14.1. The van der Waals surface area contributed by atoms with E-state index >= 15 is 0 Å². The minimum absolute atomic E-state index is 0.152. The maximum Gasteiger partial charge on any atom is 0.264 e. The minimum atomic E-state index is -3.75. The van der Waals surface area contributed by atoms with Crippen LogP contribution >= 0.6 is 0 Å². The van der Waals surface area contributed by atoms with Crippen molar-refractivity contribution >= 4 is 21.6 Å². The molecule has 0 saturated carbocycles. The number of nitrogens with zero attached hydrogens (tertiary/aromatic N) is 3. The summed E-state index contributed by atoms with van der Waals surface area (Å²) >= 11 is 0. The van der Waals surface area contributed by atoms with Gasteiger partial charge in [-0.1, -0.05) is 12.1 Å². The van der Waals surface area contributed by atoms with Gasteiger partial charge in [0.25, 0.3) is 15.9 Å². The van der Waals surface area contributed by atoms with Gasteiger partial charge in [0.05, 0.1) is 28.8 Å². The summed E-state index contributed by atoms with van der Waals surface area (Å²) in [5.41, 5.74) is 1.92. The van der Waals surface area contributed by atoms with Gasteiger partial charge in [-0.15, -0.1) is 0 Å². The number of likely N-dealkylation sites (N-methyl/N-ethyl adjacent to an activating group) is 1. The first-order valence-corrected chi connectivity index (χ1v) is 12.4. The molecule has 0 aliphatic carbocycles. The Kier molecular flexibility index (Phi) is 8.34. The Morgan fingerprint density at radius 2 is 1.46 bits per heavy atom. The fraction of sp³-hybridized carbons (Fsp3) is 0.231. The standard InChI is InChI=1S/C26H27N3O5S/c1-4-33-23-13-15-25(16-14-23)35(31,32)29(3)22-9-11-24(12-10-22)34-19-26(30)28(2)18-21-7-5-20(17-27)6-8-21/h5-16H,4,18-19H2,1-3H3. The average molecular weight is 494 g/mol. The lowest BCUT2D eigenvalue weighted by Gasteiger charge is -2.20. The third-order valence-corrected chi connectivity index (χ3v) is 7.08. The highest BCUT2D eigenvalue weighted by Crippen LogP contribution is 2.25. The number of anilines is 1. The zero-order valence-corrected chi connectivity index (χ0v) is 20.7. The molecular weight excluding hydrogens is 466 g/mol. The Morgan fingerprint density at radius 1 is 0.886 bits per heavy atom. The van der Waals surface area contributed by atoms with E-state index in [9.17, 15) is 13.2 Å². The smallest absolute Gasteiger partial charge is 0.264 e. The molecule has 0 aliphatic rings. The lowest BCUT2D eigenvalue weighted by Crippen LogP contribution is -2.31. The summed E-state index contributed by atoms with van der Waals surface area (Å²) in [5, 5.41) is 8.87. The summed E-state index contributed by atoms with van der Waals surface area (Å²) in [6.45, 7) is 2.59. The van der Waals surface area contributed by atoms with Crippen LogP contribution in [-0.2, 0) is 21.4 Å². The molecule has 0 bridgehead atoms. The molecule has 3 aromatic carbocycles. The molecule has 182 valence electrons. The van der Waals surface area contributed by atoms with E-state index in [-0.39, 0.29) is 17.4 Å². The molecule has 9 heteroatoms. The first-order valence-electron chi connectivity index (χ1n) is 10.9. The van der Waals surface area contributed by atoms with Crippen LogP contribution < -0.4 is 13.8 Å². The van der Waals surface area contributed by atoms with Gasteiger partial charge in [-0.25, -0.2) is 8.42 Å². The molecule has 1 amide bonds. The van der Waals surface area contributed by atoms with Gasteiger partial charge in [-0.05, 0) is 73.2 Å². The fourth-order valence-corrected chi connectivity index (χ4v) is 4.42. The van der Waals surface area contributed by atoms with Crippen molar-refractivity contribution in [1.29, 1.82) is 5.26 Å². The Labute approximate surface area is 206 Å². The molecule has 0 fully saturated rings. The zero-order valence-electron chi connectivity index (χ0n) is 19.8. The SMILES string of the molecule is CCOc1ccc(S(=O)(=O)N(C)c2ccc(OCC(=O)N(C)Cc3ccc(C#N)cc3)cc2)cc1. The fourth-order valence-electron chi connectivity index (χ4n) is 3.23. The van der Waals surface area contributed by atoms with Crippen LogP contribution in [0, 0.1) is 11.3 Å². The van der Waals surface area contributed by atoms with Crippen molar-refractivity contribution in [1.82, 2.24) is 4.90 Å². The second kappa shape index (κ2) is 11.4. The number of hydrogen-bond acceptors (Lipinski definition) is 6. The third-order valence-electron chi connectivity index (χ3n) is 5.28. The highest BCUT2D eigenvalue weighted by atomic mass is 32.2. The maximum absolute atomic E-state index is 13.0. The van der Waals surface area contributed by atoms with Crippen LogP contribution in [0.5, 0.6) is 11.5 Å². The Morgan fingerprint density at radius 3 is 2.03 bits per heavy atom. The van der Waals surface area contributed by atoms with E-state index in [0.29, 0.717) is 35.9 Å². The molecule has 3 rings (SSSR count). The molecule has 0 aliphatic heterocycles. The molecule has 0 unspecified atom stereocenters. The molecule has 0 N–H and O–H groups in total. The van der Waals surface area contributed by atoms with Gasteiger partial charge >= 0.3 is 0 Å². The van der Waals surface area contributed by atoms with Gasteiger partial charge in [0, 0.05) is 20.6 Å².